The molecule has 3 heterocycles. The van der Waals surface area contributed by atoms with E-state index in [2.05, 4.69) is 15.5 Å². The van der Waals surface area contributed by atoms with Crippen molar-refractivity contribution in [2.24, 2.45) is 0 Å². The molecule has 0 aliphatic carbocycles. The van der Waals surface area contributed by atoms with Crippen LogP contribution in [0, 0.1) is 0 Å². The van der Waals surface area contributed by atoms with Gasteiger partial charge in [0.25, 0.3) is 5.91 Å². The zero-order valence-corrected chi connectivity index (χ0v) is 19.4. The van der Waals surface area contributed by atoms with E-state index < -0.39 is 18.0 Å². The van der Waals surface area contributed by atoms with Crippen LogP contribution in [0.2, 0.25) is 0 Å². The Balaban J connectivity index is 1.16. The summed E-state index contributed by atoms with van der Waals surface area (Å²) in [5.41, 5.74) is 2.65. The van der Waals surface area contributed by atoms with Crippen molar-refractivity contribution in [3.63, 3.8) is 0 Å². The van der Waals surface area contributed by atoms with E-state index in [1.807, 2.05) is 36.4 Å². The zero-order valence-electron chi connectivity index (χ0n) is 19.4. The van der Waals surface area contributed by atoms with E-state index in [1.54, 1.807) is 17.0 Å². The molecule has 9 heteroatoms. The zero-order chi connectivity index (χ0) is 24.4. The predicted octanol–water partition coefficient (Wildman–Crippen LogP) is 2.20. The fraction of sp³-hybridized carbons (Fsp3) is 0.385. The maximum Gasteiger partial charge on any atom is 0.412 e. The summed E-state index contributed by atoms with van der Waals surface area (Å²) in [4.78, 5) is 53.0. The summed E-state index contributed by atoms with van der Waals surface area (Å²) in [5.74, 6) is -0.330. The van der Waals surface area contributed by atoms with Crippen LogP contribution in [0.15, 0.2) is 48.5 Å². The number of para-hydroxylation sites is 1. The maximum atomic E-state index is 13.0. The van der Waals surface area contributed by atoms with E-state index in [0.29, 0.717) is 30.8 Å². The molecule has 4 amide bonds. The molecule has 9 nitrogen and oxygen atoms in total. The molecular weight excluding hydrogens is 448 g/mol. The Morgan fingerprint density at radius 1 is 1.00 bits per heavy atom. The first-order valence-electron chi connectivity index (χ1n) is 12.0. The van der Waals surface area contributed by atoms with Crippen molar-refractivity contribution in [2.45, 2.75) is 50.9 Å². The number of benzene rings is 2. The van der Waals surface area contributed by atoms with Crippen molar-refractivity contribution in [1.82, 2.24) is 20.4 Å². The molecule has 1 unspecified atom stereocenters. The third kappa shape index (κ3) is 5.05. The highest BCUT2D eigenvalue weighted by Crippen LogP contribution is 2.31. The minimum absolute atomic E-state index is 0.0496. The Labute approximate surface area is 203 Å². The second-order valence-corrected chi connectivity index (χ2v) is 9.24. The van der Waals surface area contributed by atoms with Crippen LogP contribution < -0.4 is 15.4 Å². The number of hydrogen-bond acceptors (Lipinski definition) is 6. The molecule has 2 aromatic carbocycles. The van der Waals surface area contributed by atoms with Gasteiger partial charge in [0.05, 0.1) is 0 Å². The van der Waals surface area contributed by atoms with Gasteiger partial charge in [0.1, 0.15) is 11.8 Å². The fourth-order valence-electron chi connectivity index (χ4n) is 5.07. The number of fused-ring (bicyclic) bond motifs is 1. The molecule has 2 aromatic rings. The Bertz CT molecular complexity index is 1140. The lowest BCUT2D eigenvalue weighted by Crippen LogP contribution is -2.52. The van der Waals surface area contributed by atoms with Gasteiger partial charge in [-0.25, -0.2) is 4.79 Å². The molecule has 2 saturated heterocycles. The van der Waals surface area contributed by atoms with Crippen LogP contribution in [-0.4, -0.2) is 58.8 Å². The Morgan fingerprint density at radius 3 is 2.51 bits per heavy atom. The normalized spacial score (nSPS) is 21.0. The van der Waals surface area contributed by atoms with Gasteiger partial charge in [-0.15, -0.1) is 0 Å². The maximum absolute atomic E-state index is 13.0. The summed E-state index contributed by atoms with van der Waals surface area (Å²) in [7, 11) is 0. The van der Waals surface area contributed by atoms with Crippen LogP contribution in [0.4, 0.5) is 4.79 Å². The lowest BCUT2D eigenvalue weighted by Gasteiger charge is -2.32. The number of carbonyl (C=O) groups is 4. The molecule has 3 aliphatic heterocycles. The van der Waals surface area contributed by atoms with Gasteiger partial charge < -0.3 is 15.0 Å². The van der Waals surface area contributed by atoms with Crippen molar-refractivity contribution in [3.8, 4) is 5.75 Å². The van der Waals surface area contributed by atoms with Crippen molar-refractivity contribution in [1.29, 1.82) is 0 Å². The number of amides is 4. The van der Waals surface area contributed by atoms with Crippen LogP contribution in [0.5, 0.6) is 5.75 Å². The fourth-order valence-corrected chi connectivity index (χ4v) is 5.07. The second-order valence-electron chi connectivity index (χ2n) is 9.24. The van der Waals surface area contributed by atoms with Gasteiger partial charge in [-0.2, -0.15) is 0 Å². The van der Waals surface area contributed by atoms with Crippen LogP contribution in [0.3, 0.4) is 0 Å². The number of hydrogen-bond donors (Lipinski definition) is 2. The van der Waals surface area contributed by atoms with Gasteiger partial charge in [-0.3, -0.25) is 24.6 Å². The third-order valence-electron chi connectivity index (χ3n) is 6.94. The highest BCUT2D eigenvalue weighted by molar-refractivity contribution is 6.05. The van der Waals surface area contributed by atoms with Crippen molar-refractivity contribution < 1.29 is 23.9 Å². The van der Waals surface area contributed by atoms with Crippen LogP contribution in [-0.2, 0) is 22.7 Å². The van der Waals surface area contributed by atoms with E-state index in [0.717, 1.165) is 37.1 Å². The molecule has 0 spiro atoms. The summed E-state index contributed by atoms with van der Waals surface area (Å²) >= 11 is 0. The largest absolute Gasteiger partial charge is 0.412 e. The first kappa shape index (κ1) is 23.0. The van der Waals surface area contributed by atoms with Crippen molar-refractivity contribution in [2.75, 3.05) is 13.1 Å². The highest BCUT2D eigenvalue weighted by Gasteiger charge is 2.39. The molecule has 0 aromatic heterocycles. The molecule has 5 rings (SSSR count). The van der Waals surface area contributed by atoms with Gasteiger partial charge in [0, 0.05) is 44.2 Å². The lowest BCUT2D eigenvalue weighted by molar-refractivity contribution is -0.136. The monoisotopic (exact) mass is 476 g/mol. The molecule has 0 radical (unpaired) electrons. The number of rotatable bonds is 5. The number of piperidine rings is 2. The summed E-state index contributed by atoms with van der Waals surface area (Å²) in [5, 5.41) is 5.29. The number of imide groups is 1. The molecule has 182 valence electrons. The van der Waals surface area contributed by atoms with Crippen LogP contribution in [0.1, 0.15) is 47.2 Å². The van der Waals surface area contributed by atoms with E-state index >= 15 is 0 Å². The van der Waals surface area contributed by atoms with E-state index in [4.69, 9.17) is 4.74 Å². The molecule has 0 saturated carbocycles. The summed E-state index contributed by atoms with van der Waals surface area (Å²) in [6.45, 7) is 2.69. The molecular formula is C26H28N4O5. The Morgan fingerprint density at radius 2 is 1.77 bits per heavy atom. The molecule has 0 bridgehead atoms. The standard InChI is InChI=1S/C26H28N4O5/c31-23-10-9-22(24(32)28-23)30-16-21-17(5-4-8-20(21)25(30)33)15-29-13-11-18(12-14-29)27-26(34)35-19-6-2-1-3-7-19/h1-8,18,22H,9-16H2,(H,27,34)(H,28,31,32). The first-order chi connectivity index (χ1) is 17.0. The highest BCUT2D eigenvalue weighted by atomic mass is 16.6. The van der Waals surface area contributed by atoms with Gasteiger partial charge in [0.15, 0.2) is 0 Å². The molecule has 2 fully saturated rings. The minimum atomic E-state index is -0.613. The molecule has 3 aliphatic rings. The topological polar surface area (TPSA) is 108 Å². The summed E-state index contributed by atoms with van der Waals surface area (Å²) < 4.78 is 5.33. The van der Waals surface area contributed by atoms with Crippen LogP contribution >= 0.6 is 0 Å². The van der Waals surface area contributed by atoms with Gasteiger partial charge in [-0.1, -0.05) is 30.3 Å². The molecule has 1 atom stereocenters. The number of ether oxygens (including phenoxy) is 1. The number of nitrogens with zero attached hydrogens (tertiary/aromatic N) is 2. The van der Waals surface area contributed by atoms with Crippen molar-refractivity contribution in [3.05, 3.63) is 65.2 Å². The summed E-state index contributed by atoms with van der Waals surface area (Å²) in [6, 6.07) is 14.1. The Hall–Kier alpha value is -3.72. The smallest absolute Gasteiger partial charge is 0.410 e. The second kappa shape index (κ2) is 9.87. The predicted molar refractivity (Wildman–Crippen MR) is 126 cm³/mol. The van der Waals surface area contributed by atoms with E-state index in [9.17, 15) is 19.2 Å². The van der Waals surface area contributed by atoms with E-state index in [-0.39, 0.29) is 24.3 Å². The number of nitrogens with one attached hydrogen (secondary N) is 2. The number of likely N-dealkylation sites (tertiary alicyclic amines) is 1. The molecule has 2 N–H and O–H groups in total. The SMILES string of the molecule is O=C1CCC(N2Cc3c(CN4CCC(NC(=O)Oc5ccccc5)CC4)cccc3C2=O)C(=O)N1. The van der Waals surface area contributed by atoms with Gasteiger partial charge in [-0.05, 0) is 48.6 Å². The molecule has 35 heavy (non-hydrogen) atoms. The average molecular weight is 477 g/mol. The number of carbonyl (C=O) groups excluding carboxylic acids is 4. The van der Waals surface area contributed by atoms with Gasteiger partial charge >= 0.3 is 6.09 Å². The quantitative estimate of drug-likeness (QED) is 0.641. The lowest BCUT2D eigenvalue weighted by atomic mass is 10.0. The first-order valence-corrected chi connectivity index (χ1v) is 12.0. The van der Waals surface area contributed by atoms with Crippen molar-refractivity contribution >= 4 is 23.8 Å². The van der Waals surface area contributed by atoms with Crippen LogP contribution in [0.25, 0.3) is 0 Å². The van der Waals surface area contributed by atoms with Gasteiger partial charge in [0.2, 0.25) is 11.8 Å². The minimum Gasteiger partial charge on any atom is -0.410 e. The van der Waals surface area contributed by atoms with E-state index in [1.165, 1.54) is 0 Å². The average Bonchev–Trinajstić information content (AvgIpc) is 3.18. The summed E-state index contributed by atoms with van der Waals surface area (Å²) in [6.07, 6.45) is 1.76. The Kier molecular flexibility index (Phi) is 6.50. The third-order valence-corrected chi connectivity index (χ3v) is 6.94.